The van der Waals surface area contributed by atoms with Crippen molar-refractivity contribution >= 4 is 27.5 Å². The zero-order valence-corrected chi connectivity index (χ0v) is 14.2. The highest BCUT2D eigenvalue weighted by Gasteiger charge is 2.18. The van der Waals surface area contributed by atoms with Gasteiger partial charge in [-0.25, -0.2) is 0 Å². The third kappa shape index (κ3) is 3.42. The molecule has 0 radical (unpaired) electrons. The van der Waals surface area contributed by atoms with Crippen molar-refractivity contribution in [1.82, 2.24) is 5.32 Å². The van der Waals surface area contributed by atoms with Gasteiger partial charge >= 0.3 is 0 Å². The number of hydrogen-bond acceptors (Lipinski definition) is 2. The van der Waals surface area contributed by atoms with E-state index >= 15 is 0 Å². The molecule has 1 N–H and O–H groups in total. The van der Waals surface area contributed by atoms with E-state index in [4.69, 9.17) is 16.3 Å². The minimum atomic E-state index is 0.263. The number of rotatable bonds is 4. The standard InChI is InChI=1S/C17H17BrClNO/c1-11(12-3-2-4-15(18)7-12)20-10-14-9-16(19)8-13-5-6-21-17(13)14/h2-4,7-9,11,20H,5-6,10H2,1H3/t11-/m0/s1. The lowest BCUT2D eigenvalue weighted by atomic mass is 10.1. The molecule has 2 nitrogen and oxygen atoms in total. The molecule has 3 rings (SSSR count). The molecule has 0 saturated carbocycles. The van der Waals surface area contributed by atoms with E-state index in [0.29, 0.717) is 0 Å². The predicted molar refractivity (Wildman–Crippen MR) is 90.0 cm³/mol. The average molecular weight is 367 g/mol. The molecular weight excluding hydrogens is 350 g/mol. The summed E-state index contributed by atoms with van der Waals surface area (Å²) >= 11 is 9.70. The van der Waals surface area contributed by atoms with Gasteiger partial charge in [-0.3, -0.25) is 0 Å². The summed E-state index contributed by atoms with van der Waals surface area (Å²) in [5, 5.41) is 4.32. The molecular formula is C17H17BrClNO. The van der Waals surface area contributed by atoms with Gasteiger partial charge in [0.1, 0.15) is 5.75 Å². The number of fused-ring (bicyclic) bond motifs is 1. The summed E-state index contributed by atoms with van der Waals surface area (Å²) in [6, 6.07) is 12.6. The fraction of sp³-hybridized carbons (Fsp3) is 0.294. The zero-order valence-electron chi connectivity index (χ0n) is 11.8. The van der Waals surface area contributed by atoms with Crippen LogP contribution in [0.2, 0.25) is 5.02 Å². The third-order valence-corrected chi connectivity index (χ3v) is 4.48. The number of hydrogen-bond donors (Lipinski definition) is 1. The zero-order chi connectivity index (χ0) is 14.8. The maximum absolute atomic E-state index is 6.19. The Morgan fingerprint density at radius 1 is 1.33 bits per heavy atom. The topological polar surface area (TPSA) is 21.3 Å². The van der Waals surface area contributed by atoms with E-state index in [-0.39, 0.29) is 6.04 Å². The first kappa shape index (κ1) is 14.9. The summed E-state index contributed by atoms with van der Waals surface area (Å²) in [4.78, 5) is 0. The molecule has 0 saturated heterocycles. The van der Waals surface area contributed by atoms with Gasteiger partial charge in [0.15, 0.2) is 0 Å². The number of benzene rings is 2. The maximum atomic E-state index is 6.19. The van der Waals surface area contributed by atoms with Gasteiger partial charge in [-0.1, -0.05) is 39.7 Å². The van der Waals surface area contributed by atoms with Crippen LogP contribution in [0.3, 0.4) is 0 Å². The van der Waals surface area contributed by atoms with E-state index in [2.05, 4.69) is 46.4 Å². The largest absolute Gasteiger partial charge is 0.493 e. The lowest BCUT2D eigenvalue weighted by Crippen LogP contribution is -2.18. The maximum Gasteiger partial charge on any atom is 0.127 e. The average Bonchev–Trinajstić information content (AvgIpc) is 2.92. The molecule has 110 valence electrons. The molecule has 0 unspecified atom stereocenters. The minimum Gasteiger partial charge on any atom is -0.493 e. The highest BCUT2D eigenvalue weighted by Crippen LogP contribution is 2.33. The smallest absolute Gasteiger partial charge is 0.127 e. The van der Waals surface area contributed by atoms with Crippen LogP contribution < -0.4 is 10.1 Å². The highest BCUT2D eigenvalue weighted by atomic mass is 79.9. The van der Waals surface area contributed by atoms with Crippen molar-refractivity contribution in [2.45, 2.75) is 25.9 Å². The van der Waals surface area contributed by atoms with E-state index in [1.807, 2.05) is 18.2 Å². The van der Waals surface area contributed by atoms with Crippen LogP contribution in [-0.2, 0) is 13.0 Å². The second-order valence-electron chi connectivity index (χ2n) is 5.31. The van der Waals surface area contributed by atoms with Gasteiger partial charge in [0, 0.05) is 34.1 Å². The summed E-state index contributed by atoms with van der Waals surface area (Å²) in [7, 11) is 0. The second kappa shape index (κ2) is 6.39. The van der Waals surface area contributed by atoms with Gasteiger partial charge < -0.3 is 10.1 Å². The van der Waals surface area contributed by atoms with E-state index in [9.17, 15) is 0 Å². The lowest BCUT2D eigenvalue weighted by Gasteiger charge is -2.16. The van der Waals surface area contributed by atoms with Crippen LogP contribution in [0.5, 0.6) is 5.75 Å². The predicted octanol–water partition coefficient (Wildman–Crippen LogP) is 4.89. The Bertz CT molecular complexity index is 659. The van der Waals surface area contributed by atoms with Crippen LogP contribution >= 0.6 is 27.5 Å². The molecule has 1 heterocycles. The minimum absolute atomic E-state index is 0.263. The number of nitrogens with one attached hydrogen (secondary N) is 1. The van der Waals surface area contributed by atoms with Crippen LogP contribution in [0.15, 0.2) is 40.9 Å². The van der Waals surface area contributed by atoms with Crippen LogP contribution in [0.1, 0.15) is 29.7 Å². The first-order valence-electron chi connectivity index (χ1n) is 7.06. The Morgan fingerprint density at radius 3 is 3.00 bits per heavy atom. The van der Waals surface area contributed by atoms with Gasteiger partial charge in [0.2, 0.25) is 0 Å². The van der Waals surface area contributed by atoms with Crippen LogP contribution in [0.4, 0.5) is 0 Å². The van der Waals surface area contributed by atoms with E-state index in [0.717, 1.165) is 40.4 Å². The SMILES string of the molecule is C[C@H](NCc1cc(Cl)cc2c1OCC2)c1cccc(Br)c1. The fourth-order valence-electron chi connectivity index (χ4n) is 2.63. The Kier molecular flexibility index (Phi) is 4.53. The Labute approximate surface area is 138 Å². The van der Waals surface area contributed by atoms with Crippen molar-refractivity contribution in [3.8, 4) is 5.75 Å². The lowest BCUT2D eigenvalue weighted by molar-refractivity contribution is 0.351. The summed E-state index contributed by atoms with van der Waals surface area (Å²) in [6.07, 6.45) is 0.948. The first-order chi connectivity index (χ1) is 10.1. The second-order valence-corrected chi connectivity index (χ2v) is 6.66. The van der Waals surface area contributed by atoms with E-state index in [1.165, 1.54) is 11.1 Å². The van der Waals surface area contributed by atoms with Crippen LogP contribution in [0, 0.1) is 0 Å². The molecule has 21 heavy (non-hydrogen) atoms. The summed E-state index contributed by atoms with van der Waals surface area (Å²) in [6.45, 7) is 3.66. The van der Waals surface area contributed by atoms with Gasteiger partial charge in [-0.15, -0.1) is 0 Å². The van der Waals surface area contributed by atoms with Crippen molar-refractivity contribution in [2.75, 3.05) is 6.61 Å². The molecule has 0 fully saturated rings. The van der Waals surface area contributed by atoms with Crippen molar-refractivity contribution < 1.29 is 4.74 Å². The van der Waals surface area contributed by atoms with Crippen LogP contribution in [0.25, 0.3) is 0 Å². The highest BCUT2D eigenvalue weighted by molar-refractivity contribution is 9.10. The van der Waals surface area contributed by atoms with Gasteiger partial charge in [0.25, 0.3) is 0 Å². The Balaban J connectivity index is 1.73. The van der Waals surface area contributed by atoms with Crippen molar-refractivity contribution in [3.63, 3.8) is 0 Å². The summed E-state index contributed by atoms with van der Waals surface area (Å²) in [5.41, 5.74) is 3.61. The molecule has 2 aromatic carbocycles. The Hall–Kier alpha value is -1.03. The molecule has 0 aliphatic carbocycles. The van der Waals surface area contributed by atoms with Gasteiger partial charge in [-0.2, -0.15) is 0 Å². The Morgan fingerprint density at radius 2 is 2.19 bits per heavy atom. The summed E-state index contributed by atoms with van der Waals surface area (Å²) < 4.78 is 6.83. The monoisotopic (exact) mass is 365 g/mol. The molecule has 1 atom stereocenters. The van der Waals surface area contributed by atoms with Crippen molar-refractivity contribution in [3.05, 3.63) is 62.6 Å². The molecule has 1 aliphatic rings. The first-order valence-corrected chi connectivity index (χ1v) is 8.23. The third-order valence-electron chi connectivity index (χ3n) is 3.77. The molecule has 2 aromatic rings. The normalized spacial score (nSPS) is 14.6. The molecule has 0 spiro atoms. The quantitative estimate of drug-likeness (QED) is 0.832. The van der Waals surface area contributed by atoms with E-state index < -0.39 is 0 Å². The fourth-order valence-corrected chi connectivity index (χ4v) is 3.31. The van der Waals surface area contributed by atoms with Crippen LogP contribution in [-0.4, -0.2) is 6.61 Å². The molecule has 0 amide bonds. The van der Waals surface area contributed by atoms with Gasteiger partial charge in [-0.05, 0) is 42.3 Å². The van der Waals surface area contributed by atoms with Crippen molar-refractivity contribution in [1.29, 1.82) is 0 Å². The van der Waals surface area contributed by atoms with Crippen molar-refractivity contribution in [2.24, 2.45) is 0 Å². The summed E-state index contributed by atoms with van der Waals surface area (Å²) in [5.74, 6) is 1.01. The van der Waals surface area contributed by atoms with E-state index in [1.54, 1.807) is 0 Å². The molecule has 1 aliphatic heterocycles. The van der Waals surface area contributed by atoms with Gasteiger partial charge in [0.05, 0.1) is 6.61 Å². The number of ether oxygens (including phenoxy) is 1. The number of halogens is 2. The molecule has 4 heteroatoms. The molecule has 0 aromatic heterocycles. The molecule has 0 bridgehead atoms.